The van der Waals surface area contributed by atoms with Crippen LogP contribution in [0.3, 0.4) is 0 Å². The van der Waals surface area contributed by atoms with Crippen LogP contribution in [0.2, 0.25) is 0 Å². The lowest BCUT2D eigenvalue weighted by atomic mass is 9.96. The van der Waals surface area contributed by atoms with Crippen LogP contribution in [0.5, 0.6) is 5.75 Å². The first-order chi connectivity index (χ1) is 12.3. The van der Waals surface area contributed by atoms with E-state index in [9.17, 15) is 4.79 Å². The van der Waals surface area contributed by atoms with Gasteiger partial charge in [0.05, 0.1) is 6.61 Å². The molecule has 1 N–H and O–H groups in total. The summed E-state index contributed by atoms with van der Waals surface area (Å²) in [7, 11) is 1.99. The molecule has 1 aliphatic heterocycles. The van der Waals surface area contributed by atoms with Crippen molar-refractivity contribution < 1.29 is 9.53 Å². The van der Waals surface area contributed by atoms with Gasteiger partial charge in [-0.05, 0) is 50.2 Å². The summed E-state index contributed by atoms with van der Waals surface area (Å²) >= 11 is 0. The van der Waals surface area contributed by atoms with Crippen LogP contribution in [0.4, 0.5) is 0 Å². The SMILES string of the molecule is CNCC1CCN(C(=O)CCCOc2cccc3ccccc23)CC1. The maximum atomic E-state index is 12.3. The van der Waals surface area contributed by atoms with Crippen LogP contribution in [0.1, 0.15) is 25.7 Å². The second kappa shape index (κ2) is 8.86. The molecule has 3 rings (SSSR count). The average molecular weight is 340 g/mol. The number of carbonyl (C=O) groups is 1. The summed E-state index contributed by atoms with van der Waals surface area (Å²) in [4.78, 5) is 14.4. The lowest BCUT2D eigenvalue weighted by Gasteiger charge is -2.32. The van der Waals surface area contributed by atoms with E-state index < -0.39 is 0 Å². The molecule has 2 aromatic carbocycles. The quantitative estimate of drug-likeness (QED) is 0.785. The summed E-state index contributed by atoms with van der Waals surface area (Å²) in [6.45, 7) is 3.43. The Bertz CT molecular complexity index is 688. The number of piperidine rings is 1. The second-order valence-electron chi connectivity index (χ2n) is 6.81. The normalized spacial score (nSPS) is 15.5. The highest BCUT2D eigenvalue weighted by Crippen LogP contribution is 2.25. The lowest BCUT2D eigenvalue weighted by Crippen LogP contribution is -2.40. The predicted octanol–water partition coefficient (Wildman–Crippen LogP) is 3.46. The summed E-state index contributed by atoms with van der Waals surface area (Å²) in [5.41, 5.74) is 0. The third-order valence-corrected chi connectivity index (χ3v) is 5.00. The third kappa shape index (κ3) is 4.73. The van der Waals surface area contributed by atoms with E-state index in [1.54, 1.807) is 0 Å². The van der Waals surface area contributed by atoms with E-state index in [1.165, 1.54) is 5.39 Å². The molecule has 0 radical (unpaired) electrons. The molecular weight excluding hydrogens is 312 g/mol. The summed E-state index contributed by atoms with van der Waals surface area (Å²) < 4.78 is 5.93. The number of fused-ring (bicyclic) bond motifs is 1. The number of nitrogens with zero attached hydrogens (tertiary/aromatic N) is 1. The number of benzene rings is 2. The van der Waals surface area contributed by atoms with Crippen LogP contribution in [0.25, 0.3) is 10.8 Å². The maximum absolute atomic E-state index is 12.3. The van der Waals surface area contributed by atoms with Gasteiger partial charge in [0.2, 0.25) is 5.91 Å². The second-order valence-corrected chi connectivity index (χ2v) is 6.81. The van der Waals surface area contributed by atoms with Crippen LogP contribution in [0, 0.1) is 5.92 Å². The summed E-state index contributed by atoms with van der Waals surface area (Å²) in [5.74, 6) is 1.88. The highest BCUT2D eigenvalue weighted by Gasteiger charge is 2.21. The van der Waals surface area contributed by atoms with Gasteiger partial charge in [-0.3, -0.25) is 4.79 Å². The van der Waals surface area contributed by atoms with Gasteiger partial charge in [-0.2, -0.15) is 0 Å². The van der Waals surface area contributed by atoms with Crippen LogP contribution in [-0.2, 0) is 4.79 Å². The minimum absolute atomic E-state index is 0.268. The van der Waals surface area contributed by atoms with Crippen LogP contribution >= 0.6 is 0 Å². The van der Waals surface area contributed by atoms with Crippen molar-refractivity contribution in [1.82, 2.24) is 10.2 Å². The fraction of sp³-hybridized carbons (Fsp3) is 0.476. The third-order valence-electron chi connectivity index (χ3n) is 5.00. The Balaban J connectivity index is 1.42. The van der Waals surface area contributed by atoms with Gasteiger partial charge in [0.15, 0.2) is 0 Å². The Morgan fingerprint density at radius 3 is 2.72 bits per heavy atom. The summed E-state index contributed by atoms with van der Waals surface area (Å²) in [6.07, 6.45) is 3.55. The largest absolute Gasteiger partial charge is 0.493 e. The molecule has 0 aliphatic carbocycles. The van der Waals surface area contributed by atoms with Crippen LogP contribution < -0.4 is 10.1 Å². The molecule has 1 fully saturated rings. The molecule has 1 amide bonds. The molecule has 25 heavy (non-hydrogen) atoms. The van der Waals surface area contributed by atoms with Gasteiger partial charge in [-0.15, -0.1) is 0 Å². The molecule has 0 unspecified atom stereocenters. The zero-order valence-corrected chi connectivity index (χ0v) is 15.0. The fourth-order valence-corrected chi connectivity index (χ4v) is 3.56. The minimum Gasteiger partial charge on any atom is -0.493 e. The standard InChI is InChI=1S/C21H28N2O2/c1-22-16-17-11-13-23(14-12-17)21(24)10-5-15-25-20-9-4-7-18-6-2-3-8-19(18)20/h2-4,6-9,17,22H,5,10-16H2,1H3. The molecular formula is C21H28N2O2. The van der Waals surface area contributed by atoms with E-state index in [0.717, 1.165) is 50.0 Å². The van der Waals surface area contributed by atoms with Crippen LogP contribution in [-0.4, -0.2) is 44.1 Å². The van der Waals surface area contributed by atoms with Crippen molar-refractivity contribution in [3.63, 3.8) is 0 Å². The van der Waals surface area contributed by atoms with Crippen molar-refractivity contribution in [3.8, 4) is 5.75 Å². The maximum Gasteiger partial charge on any atom is 0.222 e. The van der Waals surface area contributed by atoms with Gasteiger partial charge < -0.3 is 15.0 Å². The van der Waals surface area contributed by atoms with E-state index in [-0.39, 0.29) is 5.91 Å². The summed E-state index contributed by atoms with van der Waals surface area (Å²) in [5, 5.41) is 5.54. The van der Waals surface area contributed by atoms with Gasteiger partial charge in [-0.1, -0.05) is 36.4 Å². The van der Waals surface area contributed by atoms with Crippen molar-refractivity contribution in [1.29, 1.82) is 0 Å². The van der Waals surface area contributed by atoms with Crippen molar-refractivity contribution >= 4 is 16.7 Å². The van der Waals surface area contributed by atoms with Crippen molar-refractivity contribution in [2.75, 3.05) is 33.3 Å². The molecule has 0 bridgehead atoms. The number of amides is 1. The number of likely N-dealkylation sites (tertiary alicyclic amines) is 1. The zero-order chi connectivity index (χ0) is 17.5. The number of carbonyl (C=O) groups excluding carboxylic acids is 1. The van der Waals surface area contributed by atoms with Gasteiger partial charge in [0, 0.05) is 24.9 Å². The molecule has 4 nitrogen and oxygen atoms in total. The number of ether oxygens (including phenoxy) is 1. The highest BCUT2D eigenvalue weighted by atomic mass is 16.5. The van der Waals surface area contributed by atoms with Gasteiger partial charge in [-0.25, -0.2) is 0 Å². The number of hydrogen-bond acceptors (Lipinski definition) is 3. The smallest absolute Gasteiger partial charge is 0.222 e. The molecule has 2 aromatic rings. The Labute approximate surface area is 150 Å². The monoisotopic (exact) mass is 340 g/mol. The van der Waals surface area contributed by atoms with E-state index in [2.05, 4.69) is 23.5 Å². The molecule has 4 heteroatoms. The average Bonchev–Trinajstić information content (AvgIpc) is 2.66. The van der Waals surface area contributed by atoms with Crippen molar-refractivity contribution in [2.45, 2.75) is 25.7 Å². The number of hydrogen-bond donors (Lipinski definition) is 1. The molecule has 0 spiro atoms. The molecule has 0 atom stereocenters. The Morgan fingerprint density at radius 1 is 1.16 bits per heavy atom. The number of nitrogens with one attached hydrogen (secondary N) is 1. The van der Waals surface area contributed by atoms with Crippen molar-refractivity contribution in [3.05, 3.63) is 42.5 Å². The van der Waals surface area contributed by atoms with Gasteiger partial charge >= 0.3 is 0 Å². The van der Waals surface area contributed by atoms with E-state index in [1.807, 2.05) is 36.2 Å². The first-order valence-electron chi connectivity index (χ1n) is 9.31. The van der Waals surface area contributed by atoms with E-state index in [4.69, 9.17) is 4.74 Å². The first-order valence-corrected chi connectivity index (χ1v) is 9.31. The molecule has 134 valence electrons. The molecule has 0 aromatic heterocycles. The zero-order valence-electron chi connectivity index (χ0n) is 15.0. The molecule has 1 heterocycles. The predicted molar refractivity (Wildman–Crippen MR) is 102 cm³/mol. The van der Waals surface area contributed by atoms with Crippen molar-refractivity contribution in [2.24, 2.45) is 5.92 Å². The van der Waals surface area contributed by atoms with E-state index in [0.29, 0.717) is 18.9 Å². The molecule has 0 saturated carbocycles. The topological polar surface area (TPSA) is 41.6 Å². The first kappa shape index (κ1) is 17.7. The van der Waals surface area contributed by atoms with E-state index >= 15 is 0 Å². The number of rotatable bonds is 7. The van der Waals surface area contributed by atoms with Gasteiger partial charge in [0.1, 0.15) is 5.75 Å². The Kier molecular flexibility index (Phi) is 6.29. The highest BCUT2D eigenvalue weighted by molar-refractivity contribution is 5.88. The fourth-order valence-electron chi connectivity index (χ4n) is 3.56. The Morgan fingerprint density at radius 2 is 1.92 bits per heavy atom. The Hall–Kier alpha value is -2.07. The van der Waals surface area contributed by atoms with Gasteiger partial charge in [0.25, 0.3) is 0 Å². The summed E-state index contributed by atoms with van der Waals surface area (Å²) in [6, 6.07) is 14.3. The minimum atomic E-state index is 0.268. The lowest BCUT2D eigenvalue weighted by molar-refractivity contribution is -0.132. The molecule has 1 saturated heterocycles. The van der Waals surface area contributed by atoms with Crippen LogP contribution in [0.15, 0.2) is 42.5 Å². The molecule has 1 aliphatic rings.